The number of rotatable bonds is 8. The Kier molecular flexibility index (Phi) is 7.02. The summed E-state index contributed by atoms with van der Waals surface area (Å²) in [6.07, 6.45) is 1.48. The Bertz CT molecular complexity index is 933. The second kappa shape index (κ2) is 9.34. The second-order valence-electron chi connectivity index (χ2n) is 7.38. The Morgan fingerprint density at radius 1 is 1.23 bits per heavy atom. The number of nitrogens with one attached hydrogen (secondary N) is 1. The summed E-state index contributed by atoms with van der Waals surface area (Å²) >= 11 is 0. The van der Waals surface area contributed by atoms with Crippen LogP contribution in [0.25, 0.3) is 0 Å². The van der Waals surface area contributed by atoms with Gasteiger partial charge in [-0.2, -0.15) is 13.2 Å². The molecule has 3 rings (SSSR count). The van der Waals surface area contributed by atoms with Crippen LogP contribution in [0.1, 0.15) is 50.6 Å². The molecule has 0 spiro atoms. The van der Waals surface area contributed by atoms with Gasteiger partial charge in [-0.3, -0.25) is 0 Å². The van der Waals surface area contributed by atoms with E-state index in [0.717, 1.165) is 19.3 Å². The van der Waals surface area contributed by atoms with Crippen molar-refractivity contribution in [3.8, 4) is 5.75 Å². The number of ether oxygens (including phenoxy) is 1. The van der Waals surface area contributed by atoms with Crippen LogP contribution < -0.4 is 9.46 Å². The summed E-state index contributed by atoms with van der Waals surface area (Å²) in [6, 6.07) is 4.20. The summed E-state index contributed by atoms with van der Waals surface area (Å²) in [5.41, 5.74) is 0.498. The molecular formula is C19H25F3N4O3S. The predicted molar refractivity (Wildman–Crippen MR) is 104 cm³/mol. The normalized spacial score (nSPS) is 20.3. The van der Waals surface area contributed by atoms with Crippen molar-refractivity contribution in [1.82, 2.24) is 19.5 Å². The van der Waals surface area contributed by atoms with E-state index in [1.807, 2.05) is 4.57 Å². The molecule has 0 unspecified atom stereocenters. The zero-order valence-electron chi connectivity index (χ0n) is 16.6. The van der Waals surface area contributed by atoms with Gasteiger partial charge in [0.1, 0.15) is 18.4 Å². The van der Waals surface area contributed by atoms with Crippen LogP contribution >= 0.6 is 0 Å². The van der Waals surface area contributed by atoms with E-state index in [0.29, 0.717) is 18.4 Å². The highest BCUT2D eigenvalue weighted by Gasteiger charge is 2.29. The molecule has 0 saturated heterocycles. The number of hydrogen-bond donors (Lipinski definition) is 1. The molecule has 1 heterocycles. The Morgan fingerprint density at radius 2 is 1.97 bits per heavy atom. The van der Waals surface area contributed by atoms with Crippen molar-refractivity contribution in [1.29, 1.82) is 0 Å². The first-order chi connectivity index (χ1) is 14.2. The van der Waals surface area contributed by atoms with Crippen molar-refractivity contribution in [2.24, 2.45) is 0 Å². The fraction of sp³-hybridized carbons (Fsp3) is 0.579. The molecule has 30 heavy (non-hydrogen) atoms. The smallest absolute Gasteiger partial charge is 0.392 e. The van der Waals surface area contributed by atoms with E-state index in [-0.39, 0.29) is 22.7 Å². The van der Waals surface area contributed by atoms with Crippen molar-refractivity contribution in [3.63, 3.8) is 0 Å². The molecular weight excluding hydrogens is 421 g/mol. The van der Waals surface area contributed by atoms with E-state index >= 15 is 0 Å². The van der Waals surface area contributed by atoms with Crippen molar-refractivity contribution in [2.45, 2.75) is 68.6 Å². The third kappa shape index (κ3) is 5.94. The lowest BCUT2D eigenvalue weighted by atomic mass is 9.91. The molecule has 0 radical (unpaired) electrons. The topological polar surface area (TPSA) is 86.1 Å². The van der Waals surface area contributed by atoms with Gasteiger partial charge in [-0.25, -0.2) is 13.1 Å². The number of alkyl halides is 3. The lowest BCUT2D eigenvalue weighted by Gasteiger charge is -2.30. The van der Waals surface area contributed by atoms with Gasteiger partial charge in [-0.05, 0) is 55.9 Å². The molecule has 2 atom stereocenters. The van der Waals surface area contributed by atoms with E-state index in [9.17, 15) is 21.6 Å². The first kappa shape index (κ1) is 22.5. The van der Waals surface area contributed by atoms with Gasteiger partial charge in [-0.15, -0.1) is 10.2 Å². The number of halogens is 3. The molecule has 2 aromatic rings. The fourth-order valence-corrected chi connectivity index (χ4v) is 5.27. The van der Waals surface area contributed by atoms with Gasteiger partial charge >= 0.3 is 6.18 Å². The summed E-state index contributed by atoms with van der Waals surface area (Å²) < 4.78 is 72.7. The minimum Gasteiger partial charge on any atom is -0.493 e. The summed E-state index contributed by atoms with van der Waals surface area (Å²) in [5.74, 6) is 0.223. The maximum Gasteiger partial charge on any atom is 0.392 e. The van der Waals surface area contributed by atoms with Gasteiger partial charge in [0.05, 0.1) is 17.9 Å². The molecule has 1 aromatic carbocycles. The highest BCUT2D eigenvalue weighted by Crippen LogP contribution is 2.30. The molecule has 0 amide bonds. The molecule has 1 aliphatic rings. The minimum absolute atomic E-state index is 0.125. The van der Waals surface area contributed by atoms with E-state index < -0.39 is 29.2 Å². The highest BCUT2D eigenvalue weighted by atomic mass is 32.2. The van der Waals surface area contributed by atoms with Gasteiger partial charge < -0.3 is 9.30 Å². The van der Waals surface area contributed by atoms with Crippen LogP contribution in [0.2, 0.25) is 0 Å². The molecule has 1 saturated carbocycles. The maximum atomic E-state index is 13.0. The molecule has 1 aliphatic carbocycles. The van der Waals surface area contributed by atoms with Crippen LogP contribution in [0.5, 0.6) is 5.75 Å². The average Bonchev–Trinajstić information content (AvgIpc) is 3.21. The number of benzene rings is 1. The number of hydrogen-bond acceptors (Lipinski definition) is 5. The van der Waals surface area contributed by atoms with Gasteiger partial charge in [0, 0.05) is 12.1 Å². The number of aromatic nitrogens is 3. The van der Waals surface area contributed by atoms with E-state index in [1.165, 1.54) is 18.2 Å². The van der Waals surface area contributed by atoms with Crippen LogP contribution in [0.15, 0.2) is 35.7 Å². The van der Waals surface area contributed by atoms with Gasteiger partial charge in [-0.1, -0.05) is 6.92 Å². The Balaban J connectivity index is 1.68. The largest absolute Gasteiger partial charge is 0.493 e. The molecule has 0 aliphatic heterocycles. The molecule has 166 valence electrons. The molecule has 1 fully saturated rings. The maximum absolute atomic E-state index is 13.0. The first-order valence-electron chi connectivity index (χ1n) is 9.87. The van der Waals surface area contributed by atoms with Crippen molar-refractivity contribution >= 4 is 10.0 Å². The third-order valence-corrected chi connectivity index (χ3v) is 6.80. The molecule has 7 nitrogen and oxygen atoms in total. The summed E-state index contributed by atoms with van der Waals surface area (Å²) in [7, 11) is -3.78. The van der Waals surface area contributed by atoms with E-state index in [4.69, 9.17) is 4.74 Å². The summed E-state index contributed by atoms with van der Waals surface area (Å²) in [5, 5.41) is 7.62. The lowest BCUT2D eigenvalue weighted by Crippen LogP contribution is -2.39. The Morgan fingerprint density at radius 3 is 2.63 bits per heavy atom. The highest BCUT2D eigenvalue weighted by molar-refractivity contribution is 7.89. The van der Waals surface area contributed by atoms with Gasteiger partial charge in [0.25, 0.3) is 0 Å². The van der Waals surface area contributed by atoms with Gasteiger partial charge in [0.15, 0.2) is 0 Å². The number of nitrogens with zero attached hydrogens (tertiary/aromatic N) is 3. The molecule has 0 bridgehead atoms. The summed E-state index contributed by atoms with van der Waals surface area (Å²) in [4.78, 5) is 0.125. The molecule has 11 heteroatoms. The fourth-order valence-electron chi connectivity index (χ4n) is 3.69. The quantitative estimate of drug-likeness (QED) is 0.669. The third-order valence-electron chi connectivity index (χ3n) is 5.18. The Hall–Kier alpha value is -2.14. The van der Waals surface area contributed by atoms with Crippen LogP contribution in [0.3, 0.4) is 0 Å². The monoisotopic (exact) mass is 446 g/mol. The SMILES string of the molecule is CCc1cc(OCCC(F)(F)F)ccc1S(=O)(=O)N[C@H]1CCC[C@@H](n2cnnc2)C1. The van der Waals surface area contributed by atoms with Crippen LogP contribution in [0, 0.1) is 0 Å². The second-order valence-corrected chi connectivity index (χ2v) is 9.07. The Labute approximate surface area is 173 Å². The molecule has 1 N–H and O–H groups in total. The number of aryl methyl sites for hydroxylation is 1. The van der Waals surface area contributed by atoms with Crippen LogP contribution in [-0.2, 0) is 16.4 Å². The average molecular weight is 446 g/mol. The van der Waals surface area contributed by atoms with Gasteiger partial charge in [0.2, 0.25) is 10.0 Å². The predicted octanol–water partition coefficient (Wildman–Crippen LogP) is 3.63. The molecule has 1 aromatic heterocycles. The van der Waals surface area contributed by atoms with Crippen molar-refractivity contribution < 1.29 is 26.3 Å². The van der Waals surface area contributed by atoms with E-state index in [1.54, 1.807) is 19.6 Å². The van der Waals surface area contributed by atoms with Crippen LogP contribution in [0.4, 0.5) is 13.2 Å². The standard InChI is InChI=1S/C19H25F3N4O3S/c1-2-14-10-17(29-9-8-19(20,21)22)6-7-18(14)30(27,28)25-15-4-3-5-16(11-15)26-12-23-24-13-26/h6-7,10,12-13,15-16,25H,2-5,8-9,11H2,1H3/t15-,16+/m0/s1. The van der Waals surface area contributed by atoms with E-state index in [2.05, 4.69) is 14.9 Å². The van der Waals surface area contributed by atoms with Crippen molar-refractivity contribution in [3.05, 3.63) is 36.4 Å². The summed E-state index contributed by atoms with van der Waals surface area (Å²) in [6.45, 7) is 1.28. The first-order valence-corrected chi connectivity index (χ1v) is 11.3. The van der Waals surface area contributed by atoms with Crippen LogP contribution in [-0.4, -0.2) is 42.0 Å². The zero-order valence-corrected chi connectivity index (χ0v) is 17.4. The zero-order chi connectivity index (χ0) is 21.8. The van der Waals surface area contributed by atoms with Crippen molar-refractivity contribution in [2.75, 3.05) is 6.61 Å². The lowest BCUT2D eigenvalue weighted by molar-refractivity contribution is -0.139. The number of sulfonamides is 1. The minimum atomic E-state index is -4.30.